The summed E-state index contributed by atoms with van der Waals surface area (Å²) in [5.41, 5.74) is 1.11. The average molecular weight is 380 g/mol. The van der Waals surface area contributed by atoms with Gasteiger partial charge in [-0.3, -0.25) is 14.5 Å². The molecular weight excluding hydrogens is 364 g/mol. The van der Waals surface area contributed by atoms with Crippen LogP contribution < -0.4 is 10.6 Å². The van der Waals surface area contributed by atoms with Gasteiger partial charge in [0.1, 0.15) is 23.2 Å². The zero-order chi connectivity index (χ0) is 19.0. The van der Waals surface area contributed by atoms with E-state index in [1.165, 1.54) is 11.3 Å². The summed E-state index contributed by atoms with van der Waals surface area (Å²) in [4.78, 5) is 38.9. The maximum atomic E-state index is 13.1. The molecule has 4 rings (SSSR count). The third-order valence-corrected chi connectivity index (χ3v) is 5.82. The Balaban J connectivity index is 1.56. The highest BCUT2D eigenvalue weighted by molar-refractivity contribution is 7.14. The van der Waals surface area contributed by atoms with Crippen LogP contribution in [-0.4, -0.2) is 29.3 Å². The van der Waals surface area contributed by atoms with E-state index in [4.69, 9.17) is 5.26 Å². The van der Waals surface area contributed by atoms with Crippen LogP contribution in [0.3, 0.4) is 0 Å². The fourth-order valence-electron chi connectivity index (χ4n) is 3.76. The van der Waals surface area contributed by atoms with E-state index >= 15 is 0 Å². The van der Waals surface area contributed by atoms with E-state index in [0.29, 0.717) is 17.0 Å². The summed E-state index contributed by atoms with van der Waals surface area (Å²) in [6.07, 6.45) is 2.15. The maximum Gasteiger partial charge on any atom is 0.325 e. The maximum absolute atomic E-state index is 13.1. The number of nitrogens with one attached hydrogen (secondary N) is 2. The number of nitrogens with zero attached hydrogens (tertiary/aromatic N) is 2. The van der Waals surface area contributed by atoms with Crippen molar-refractivity contribution in [2.75, 3.05) is 11.9 Å². The summed E-state index contributed by atoms with van der Waals surface area (Å²) < 4.78 is 0. The second-order valence-electron chi connectivity index (χ2n) is 6.56. The molecule has 1 fully saturated rings. The van der Waals surface area contributed by atoms with Gasteiger partial charge < -0.3 is 10.6 Å². The molecule has 2 aromatic rings. The monoisotopic (exact) mass is 380 g/mol. The zero-order valence-corrected chi connectivity index (χ0v) is 15.1. The van der Waals surface area contributed by atoms with Crippen LogP contribution in [0.2, 0.25) is 0 Å². The topological polar surface area (TPSA) is 102 Å². The molecule has 1 aliphatic carbocycles. The molecule has 1 aromatic heterocycles. The second-order valence-corrected chi connectivity index (χ2v) is 7.48. The average Bonchev–Trinajstić information content (AvgIpc) is 3.20. The molecule has 1 saturated heterocycles. The lowest BCUT2D eigenvalue weighted by Gasteiger charge is -2.33. The summed E-state index contributed by atoms with van der Waals surface area (Å²) >= 11 is 1.22. The summed E-state index contributed by atoms with van der Waals surface area (Å²) in [6, 6.07) is 10.6. The largest absolute Gasteiger partial charge is 0.325 e. The number of amides is 4. The molecule has 1 spiro atoms. The van der Waals surface area contributed by atoms with E-state index in [2.05, 4.69) is 10.6 Å². The predicted molar refractivity (Wildman–Crippen MR) is 99.0 cm³/mol. The Labute approximate surface area is 159 Å². The van der Waals surface area contributed by atoms with Gasteiger partial charge in [-0.15, -0.1) is 11.3 Å². The van der Waals surface area contributed by atoms with Crippen molar-refractivity contribution < 1.29 is 14.4 Å². The summed E-state index contributed by atoms with van der Waals surface area (Å²) in [5, 5.41) is 16.5. The Morgan fingerprint density at radius 3 is 2.96 bits per heavy atom. The Hall–Kier alpha value is -3.18. The number of thiophene rings is 1. The van der Waals surface area contributed by atoms with Gasteiger partial charge in [0.05, 0.1) is 5.56 Å². The van der Waals surface area contributed by atoms with Gasteiger partial charge in [0.2, 0.25) is 5.91 Å². The van der Waals surface area contributed by atoms with Gasteiger partial charge in [0.15, 0.2) is 0 Å². The number of anilines is 1. The van der Waals surface area contributed by atoms with E-state index in [1.807, 2.05) is 30.3 Å². The zero-order valence-electron chi connectivity index (χ0n) is 14.3. The summed E-state index contributed by atoms with van der Waals surface area (Å²) in [6.45, 7) is -0.392. The van der Waals surface area contributed by atoms with E-state index in [9.17, 15) is 14.4 Å². The highest BCUT2D eigenvalue weighted by Gasteiger charge is 2.54. The minimum absolute atomic E-state index is 0.350. The first-order valence-electron chi connectivity index (χ1n) is 8.55. The fraction of sp³-hybridized carbons (Fsp3) is 0.263. The number of hydrogen-bond donors (Lipinski definition) is 2. The molecule has 0 saturated carbocycles. The van der Waals surface area contributed by atoms with Crippen molar-refractivity contribution in [2.45, 2.75) is 24.8 Å². The van der Waals surface area contributed by atoms with E-state index in [0.717, 1.165) is 28.9 Å². The number of aryl methyl sites for hydroxylation is 1. The van der Waals surface area contributed by atoms with Gasteiger partial charge in [0.25, 0.3) is 5.91 Å². The third kappa shape index (κ3) is 2.76. The molecular formula is C19H16N4O3S. The van der Waals surface area contributed by atoms with Crippen LogP contribution in [0.5, 0.6) is 0 Å². The number of imide groups is 1. The number of benzene rings is 1. The lowest BCUT2D eigenvalue weighted by atomic mass is 9.76. The smallest absolute Gasteiger partial charge is 0.319 e. The van der Waals surface area contributed by atoms with Gasteiger partial charge in [-0.05, 0) is 41.8 Å². The SMILES string of the molecule is N#Cc1ccsc1NC(=O)CN1C(=O)N[C@]2(CCCc3ccccc32)C1=O. The van der Waals surface area contributed by atoms with Crippen molar-refractivity contribution in [2.24, 2.45) is 0 Å². The Bertz CT molecular complexity index is 993. The molecule has 2 aliphatic rings. The molecule has 1 aliphatic heterocycles. The highest BCUT2D eigenvalue weighted by Crippen LogP contribution is 2.39. The first kappa shape index (κ1) is 17.2. The molecule has 0 unspecified atom stereocenters. The molecule has 1 atom stereocenters. The van der Waals surface area contributed by atoms with Gasteiger partial charge >= 0.3 is 6.03 Å². The van der Waals surface area contributed by atoms with Crippen molar-refractivity contribution >= 4 is 34.2 Å². The van der Waals surface area contributed by atoms with Crippen molar-refractivity contribution in [3.05, 3.63) is 52.4 Å². The fourth-order valence-corrected chi connectivity index (χ4v) is 4.51. The Morgan fingerprint density at radius 2 is 2.15 bits per heavy atom. The van der Waals surface area contributed by atoms with Crippen molar-refractivity contribution in [3.8, 4) is 6.07 Å². The van der Waals surface area contributed by atoms with E-state index in [-0.39, 0.29) is 0 Å². The van der Waals surface area contributed by atoms with Gasteiger partial charge in [0, 0.05) is 0 Å². The van der Waals surface area contributed by atoms with Gasteiger partial charge in [-0.1, -0.05) is 24.3 Å². The van der Waals surface area contributed by atoms with Crippen LogP contribution in [0.1, 0.15) is 29.5 Å². The quantitative estimate of drug-likeness (QED) is 0.798. The molecule has 136 valence electrons. The number of fused-ring (bicyclic) bond motifs is 2. The molecule has 2 heterocycles. The number of carbonyl (C=O) groups is 3. The first-order chi connectivity index (χ1) is 13.0. The standard InChI is InChI=1S/C19H16N4O3S/c20-10-13-7-9-27-16(13)21-15(24)11-23-17(25)19(22-18(23)26)8-3-5-12-4-1-2-6-14(12)19/h1-2,4,6-7,9H,3,5,8,11H2,(H,21,24)(H,22,26)/t19-/m0/s1. The predicted octanol–water partition coefficient (Wildman–Crippen LogP) is 2.34. The van der Waals surface area contributed by atoms with Crippen LogP contribution in [0.4, 0.5) is 9.80 Å². The number of carbonyl (C=O) groups excluding carboxylic acids is 3. The van der Waals surface area contributed by atoms with Crippen LogP contribution in [0, 0.1) is 11.3 Å². The number of nitriles is 1. The molecule has 4 amide bonds. The van der Waals surface area contributed by atoms with Crippen LogP contribution in [0.25, 0.3) is 0 Å². The van der Waals surface area contributed by atoms with Crippen molar-refractivity contribution in [3.63, 3.8) is 0 Å². The highest BCUT2D eigenvalue weighted by atomic mass is 32.1. The van der Waals surface area contributed by atoms with E-state index in [1.54, 1.807) is 11.4 Å². The molecule has 0 bridgehead atoms. The normalized spacial score (nSPS) is 20.9. The molecule has 0 radical (unpaired) electrons. The van der Waals surface area contributed by atoms with Crippen LogP contribution in [-0.2, 0) is 21.5 Å². The lowest BCUT2D eigenvalue weighted by molar-refractivity contribution is -0.134. The number of rotatable bonds is 3. The minimum atomic E-state index is -1.09. The van der Waals surface area contributed by atoms with Crippen LogP contribution >= 0.6 is 11.3 Å². The molecule has 8 heteroatoms. The molecule has 1 aromatic carbocycles. The molecule has 2 N–H and O–H groups in total. The van der Waals surface area contributed by atoms with Gasteiger partial charge in [-0.25, -0.2) is 4.79 Å². The number of urea groups is 1. The van der Waals surface area contributed by atoms with Crippen LogP contribution in [0.15, 0.2) is 35.7 Å². The van der Waals surface area contributed by atoms with E-state index < -0.39 is 29.9 Å². The lowest BCUT2D eigenvalue weighted by Crippen LogP contribution is -2.47. The number of hydrogen-bond acceptors (Lipinski definition) is 5. The Kier molecular flexibility index (Phi) is 4.16. The van der Waals surface area contributed by atoms with Crippen molar-refractivity contribution in [1.82, 2.24) is 10.2 Å². The molecule has 7 nitrogen and oxygen atoms in total. The molecule has 27 heavy (non-hydrogen) atoms. The van der Waals surface area contributed by atoms with Crippen molar-refractivity contribution in [1.29, 1.82) is 5.26 Å². The minimum Gasteiger partial charge on any atom is -0.319 e. The second kappa shape index (κ2) is 6.52. The van der Waals surface area contributed by atoms with Gasteiger partial charge in [-0.2, -0.15) is 5.26 Å². The summed E-state index contributed by atoms with van der Waals surface area (Å²) in [7, 11) is 0. The third-order valence-electron chi connectivity index (χ3n) is 4.99. The Morgan fingerprint density at radius 1 is 1.33 bits per heavy atom. The first-order valence-corrected chi connectivity index (χ1v) is 9.43. The summed E-state index contributed by atoms with van der Waals surface area (Å²) in [5.74, 6) is -0.917.